The predicted octanol–water partition coefficient (Wildman–Crippen LogP) is 6.23. The van der Waals surface area contributed by atoms with Crippen LogP contribution in [0.15, 0.2) is 60.7 Å². The molecule has 1 aliphatic heterocycles. The van der Waals surface area contributed by atoms with Crippen LogP contribution in [-0.2, 0) is 16.0 Å². The number of ether oxygens (including phenoxy) is 3. The molecule has 0 saturated carbocycles. The minimum atomic E-state index is -4.87. The van der Waals surface area contributed by atoms with E-state index in [0.717, 1.165) is 5.56 Å². The van der Waals surface area contributed by atoms with Crippen molar-refractivity contribution in [1.82, 2.24) is 0 Å². The maximum Gasteiger partial charge on any atom is 0.573 e. The Labute approximate surface area is 233 Å². The van der Waals surface area contributed by atoms with E-state index in [1.807, 2.05) is 0 Å². The van der Waals surface area contributed by atoms with Gasteiger partial charge in [-0.2, -0.15) is 0 Å². The molecule has 0 unspecified atom stereocenters. The molecule has 0 bridgehead atoms. The van der Waals surface area contributed by atoms with Gasteiger partial charge in [0.15, 0.2) is 0 Å². The Morgan fingerprint density at radius 1 is 1.05 bits per heavy atom. The number of alkyl halides is 3. The fourth-order valence-corrected chi connectivity index (χ4v) is 4.45. The first-order chi connectivity index (χ1) is 19.0. The number of carbonyl (C=O) groups excluding carboxylic acids is 1. The standard InChI is InChI=1S/C28H26ClF3N2O6/c1-38-22-13-20(14-23(15-22)39-12-2-3-25(35)36)33-26(18-4-7-19(29)8-5-18)27(37)34-11-10-17-6-9-21(16-24(17)34)40-28(30,31)32/h4-9,13-16,26,33H,2-3,10-12H2,1H3,(H,35,36)/t26-/m1/s1. The molecule has 0 aromatic heterocycles. The van der Waals surface area contributed by atoms with Crippen molar-refractivity contribution in [3.63, 3.8) is 0 Å². The molecule has 1 amide bonds. The Morgan fingerprint density at radius 2 is 1.77 bits per heavy atom. The highest BCUT2D eigenvalue weighted by atomic mass is 35.5. The molecule has 1 aliphatic rings. The van der Waals surface area contributed by atoms with Crippen molar-refractivity contribution in [2.24, 2.45) is 0 Å². The zero-order chi connectivity index (χ0) is 28.9. The Balaban J connectivity index is 1.63. The molecule has 0 fully saturated rings. The summed E-state index contributed by atoms with van der Waals surface area (Å²) >= 11 is 6.07. The Kier molecular flexibility index (Phi) is 8.93. The number of aliphatic carboxylic acids is 1. The van der Waals surface area contributed by atoms with Crippen molar-refractivity contribution < 1.29 is 42.1 Å². The molecule has 8 nitrogen and oxygen atoms in total. The minimum Gasteiger partial charge on any atom is -0.497 e. The number of nitrogens with one attached hydrogen (secondary N) is 1. The second kappa shape index (κ2) is 12.4. The van der Waals surface area contributed by atoms with Crippen LogP contribution >= 0.6 is 11.6 Å². The Morgan fingerprint density at radius 3 is 2.45 bits per heavy atom. The van der Waals surface area contributed by atoms with E-state index in [0.29, 0.717) is 46.3 Å². The van der Waals surface area contributed by atoms with E-state index in [4.69, 9.17) is 26.2 Å². The summed E-state index contributed by atoms with van der Waals surface area (Å²) in [5.41, 5.74) is 2.09. The number of nitrogens with zero attached hydrogens (tertiary/aromatic N) is 1. The lowest BCUT2D eigenvalue weighted by Gasteiger charge is -2.26. The summed E-state index contributed by atoms with van der Waals surface area (Å²) in [6, 6.07) is 14.6. The van der Waals surface area contributed by atoms with Crippen LogP contribution in [0, 0.1) is 0 Å². The Hall–Kier alpha value is -4.12. The smallest absolute Gasteiger partial charge is 0.497 e. The van der Waals surface area contributed by atoms with Crippen molar-refractivity contribution in [2.45, 2.75) is 31.7 Å². The third-order valence-electron chi connectivity index (χ3n) is 6.13. The number of carboxylic acids is 1. The van der Waals surface area contributed by atoms with Crippen molar-refractivity contribution in [1.29, 1.82) is 0 Å². The van der Waals surface area contributed by atoms with E-state index in [1.165, 1.54) is 30.2 Å². The van der Waals surface area contributed by atoms with Gasteiger partial charge in [-0.15, -0.1) is 13.2 Å². The number of fused-ring (bicyclic) bond motifs is 1. The lowest BCUT2D eigenvalue weighted by molar-refractivity contribution is -0.274. The summed E-state index contributed by atoms with van der Waals surface area (Å²) in [7, 11) is 1.47. The van der Waals surface area contributed by atoms with Gasteiger partial charge < -0.3 is 29.5 Å². The largest absolute Gasteiger partial charge is 0.573 e. The molecule has 3 aromatic carbocycles. The van der Waals surface area contributed by atoms with Crippen LogP contribution in [0.5, 0.6) is 17.2 Å². The highest BCUT2D eigenvalue weighted by Gasteiger charge is 2.34. The van der Waals surface area contributed by atoms with Crippen LogP contribution < -0.4 is 24.4 Å². The summed E-state index contributed by atoms with van der Waals surface area (Å²) < 4.78 is 53.6. The van der Waals surface area contributed by atoms with Crippen molar-refractivity contribution in [2.75, 3.05) is 30.5 Å². The fraction of sp³-hybridized carbons (Fsp3) is 0.286. The molecular formula is C28H26ClF3N2O6. The second-order valence-electron chi connectivity index (χ2n) is 8.95. The minimum absolute atomic E-state index is 0.0464. The van der Waals surface area contributed by atoms with Crippen LogP contribution in [-0.4, -0.2) is 43.6 Å². The van der Waals surface area contributed by atoms with Crippen molar-refractivity contribution >= 4 is 34.9 Å². The van der Waals surface area contributed by atoms with Gasteiger partial charge in [-0.05, 0) is 42.2 Å². The third kappa shape index (κ3) is 7.50. The maximum atomic E-state index is 14.0. The summed E-state index contributed by atoms with van der Waals surface area (Å²) in [6.07, 6.45) is -4.14. The molecule has 0 saturated heterocycles. The van der Waals surface area contributed by atoms with Crippen LogP contribution in [0.25, 0.3) is 0 Å². The number of benzene rings is 3. The van der Waals surface area contributed by atoms with Crippen LogP contribution in [0.3, 0.4) is 0 Å². The zero-order valence-corrected chi connectivity index (χ0v) is 22.1. The average Bonchev–Trinajstić information content (AvgIpc) is 3.32. The topological polar surface area (TPSA) is 97.3 Å². The van der Waals surface area contributed by atoms with Crippen LogP contribution in [0.4, 0.5) is 24.5 Å². The average molecular weight is 579 g/mol. The van der Waals surface area contributed by atoms with Crippen LogP contribution in [0.1, 0.15) is 30.0 Å². The van der Waals surface area contributed by atoms with Gasteiger partial charge in [0.1, 0.15) is 23.3 Å². The molecule has 12 heteroatoms. The third-order valence-corrected chi connectivity index (χ3v) is 6.38. The highest BCUT2D eigenvalue weighted by molar-refractivity contribution is 6.30. The molecule has 0 radical (unpaired) electrons. The number of halogens is 4. The van der Waals surface area contributed by atoms with Gasteiger partial charge in [0, 0.05) is 47.9 Å². The number of rotatable bonds is 11. The molecule has 3 aromatic rings. The molecule has 0 spiro atoms. The fourth-order valence-electron chi connectivity index (χ4n) is 4.32. The normalized spacial score (nSPS) is 13.4. The van der Waals surface area contributed by atoms with Gasteiger partial charge in [0.05, 0.1) is 19.4 Å². The molecule has 4 rings (SSSR count). The molecule has 212 valence electrons. The van der Waals surface area contributed by atoms with E-state index in [-0.39, 0.29) is 19.6 Å². The first-order valence-electron chi connectivity index (χ1n) is 12.3. The number of methoxy groups -OCH3 is 1. The lowest BCUT2D eigenvalue weighted by atomic mass is 10.0. The van der Waals surface area contributed by atoms with E-state index < -0.39 is 30.0 Å². The van der Waals surface area contributed by atoms with Gasteiger partial charge >= 0.3 is 12.3 Å². The second-order valence-corrected chi connectivity index (χ2v) is 9.39. The first-order valence-corrected chi connectivity index (χ1v) is 12.7. The number of carboxylic acid groups (broad SMARTS) is 1. The van der Waals surface area contributed by atoms with Gasteiger partial charge in [-0.25, -0.2) is 0 Å². The summed E-state index contributed by atoms with van der Waals surface area (Å²) in [6.45, 7) is 0.427. The lowest BCUT2D eigenvalue weighted by Crippen LogP contribution is -2.37. The van der Waals surface area contributed by atoms with E-state index in [9.17, 15) is 22.8 Å². The summed E-state index contributed by atoms with van der Waals surface area (Å²) in [5, 5.41) is 12.5. The maximum absolute atomic E-state index is 14.0. The highest BCUT2D eigenvalue weighted by Crippen LogP contribution is 2.37. The van der Waals surface area contributed by atoms with Gasteiger partial charge in [0.25, 0.3) is 5.91 Å². The van der Waals surface area contributed by atoms with Crippen molar-refractivity contribution in [3.05, 3.63) is 76.8 Å². The summed E-state index contributed by atoms with van der Waals surface area (Å²) in [5.74, 6) is -0.922. The summed E-state index contributed by atoms with van der Waals surface area (Å²) in [4.78, 5) is 26.2. The van der Waals surface area contributed by atoms with Crippen molar-refractivity contribution in [3.8, 4) is 17.2 Å². The van der Waals surface area contributed by atoms with Gasteiger partial charge in [-0.1, -0.05) is 29.8 Å². The quantitative estimate of drug-likeness (QED) is 0.260. The van der Waals surface area contributed by atoms with Crippen LogP contribution in [0.2, 0.25) is 5.02 Å². The predicted molar refractivity (Wildman–Crippen MR) is 142 cm³/mol. The molecule has 2 N–H and O–H groups in total. The number of hydrogen-bond donors (Lipinski definition) is 2. The molecule has 40 heavy (non-hydrogen) atoms. The molecule has 1 heterocycles. The van der Waals surface area contributed by atoms with Gasteiger partial charge in [-0.3, -0.25) is 9.59 Å². The number of amides is 1. The SMILES string of the molecule is COc1cc(N[C@@H](C(=O)N2CCc3ccc(OC(F)(F)F)cc32)c2ccc(Cl)cc2)cc(OCCCC(=O)O)c1. The monoisotopic (exact) mass is 578 g/mol. The molecule has 0 aliphatic carbocycles. The Bertz CT molecular complexity index is 1370. The molecular weight excluding hydrogens is 553 g/mol. The number of anilines is 2. The zero-order valence-electron chi connectivity index (χ0n) is 21.3. The number of hydrogen-bond acceptors (Lipinski definition) is 6. The van der Waals surface area contributed by atoms with Gasteiger partial charge in [0.2, 0.25) is 0 Å². The van der Waals surface area contributed by atoms with E-state index in [1.54, 1.807) is 42.5 Å². The number of carbonyl (C=O) groups is 2. The first kappa shape index (κ1) is 28.9. The van der Waals surface area contributed by atoms with E-state index in [2.05, 4.69) is 10.1 Å². The van der Waals surface area contributed by atoms with E-state index >= 15 is 0 Å². The molecule has 1 atom stereocenters.